The molecule has 3 rings (SSSR count). The van der Waals surface area contributed by atoms with Gasteiger partial charge in [-0.25, -0.2) is 0 Å². The Morgan fingerprint density at radius 2 is 1.75 bits per heavy atom. The SMILES string of the molecule is Cl.FC(F)(F)c1cccc(Cl)c1[C@@H](C1CCCC1)N1CCNCC1. The molecule has 2 fully saturated rings. The first kappa shape index (κ1) is 19.8. The lowest BCUT2D eigenvalue weighted by atomic mass is 9.86. The maximum Gasteiger partial charge on any atom is 0.416 e. The summed E-state index contributed by atoms with van der Waals surface area (Å²) in [5.74, 6) is 0.258. The first-order valence-electron chi connectivity index (χ1n) is 8.29. The van der Waals surface area contributed by atoms with Crippen molar-refractivity contribution in [2.45, 2.75) is 37.9 Å². The van der Waals surface area contributed by atoms with E-state index in [0.717, 1.165) is 51.9 Å². The molecule has 7 heteroatoms. The molecule has 1 saturated heterocycles. The van der Waals surface area contributed by atoms with Crippen LogP contribution in [-0.4, -0.2) is 31.1 Å². The summed E-state index contributed by atoms with van der Waals surface area (Å²) in [6.07, 6.45) is -0.211. The normalized spacial score (nSPS) is 21.5. The van der Waals surface area contributed by atoms with Crippen molar-refractivity contribution < 1.29 is 13.2 Å². The van der Waals surface area contributed by atoms with Crippen LogP contribution in [0.25, 0.3) is 0 Å². The van der Waals surface area contributed by atoms with Gasteiger partial charge in [-0.15, -0.1) is 12.4 Å². The largest absolute Gasteiger partial charge is 0.416 e. The summed E-state index contributed by atoms with van der Waals surface area (Å²) in [5, 5.41) is 3.52. The van der Waals surface area contributed by atoms with E-state index in [4.69, 9.17) is 11.6 Å². The van der Waals surface area contributed by atoms with E-state index in [0.29, 0.717) is 0 Å². The van der Waals surface area contributed by atoms with Gasteiger partial charge in [0.1, 0.15) is 0 Å². The van der Waals surface area contributed by atoms with E-state index in [1.165, 1.54) is 12.1 Å². The Morgan fingerprint density at radius 3 is 2.33 bits per heavy atom. The minimum absolute atomic E-state index is 0. The van der Waals surface area contributed by atoms with Gasteiger partial charge in [-0.2, -0.15) is 13.2 Å². The Hall–Kier alpha value is -0.490. The van der Waals surface area contributed by atoms with Crippen LogP contribution in [0.15, 0.2) is 18.2 Å². The third-order valence-electron chi connectivity index (χ3n) is 5.05. The quantitative estimate of drug-likeness (QED) is 0.797. The van der Waals surface area contributed by atoms with Crippen LogP contribution in [0, 0.1) is 5.92 Å². The fourth-order valence-corrected chi connectivity index (χ4v) is 4.32. The topological polar surface area (TPSA) is 15.3 Å². The zero-order valence-electron chi connectivity index (χ0n) is 13.4. The zero-order valence-corrected chi connectivity index (χ0v) is 15.0. The highest BCUT2D eigenvalue weighted by molar-refractivity contribution is 6.31. The second-order valence-electron chi connectivity index (χ2n) is 6.47. The van der Waals surface area contributed by atoms with Crippen LogP contribution in [0.3, 0.4) is 0 Å². The number of halogens is 5. The van der Waals surface area contributed by atoms with E-state index in [9.17, 15) is 13.2 Å². The van der Waals surface area contributed by atoms with E-state index in [1.807, 2.05) is 0 Å². The van der Waals surface area contributed by atoms with Crippen LogP contribution in [0.2, 0.25) is 5.02 Å². The number of nitrogens with zero attached hydrogens (tertiary/aromatic N) is 1. The highest BCUT2D eigenvalue weighted by Gasteiger charge is 2.41. The van der Waals surface area contributed by atoms with Crippen molar-refractivity contribution in [3.63, 3.8) is 0 Å². The van der Waals surface area contributed by atoms with E-state index >= 15 is 0 Å². The number of benzene rings is 1. The van der Waals surface area contributed by atoms with Gasteiger partial charge in [0.2, 0.25) is 0 Å². The lowest BCUT2D eigenvalue weighted by molar-refractivity contribution is -0.139. The third kappa shape index (κ3) is 4.18. The number of hydrogen-bond donors (Lipinski definition) is 1. The lowest BCUT2D eigenvalue weighted by Crippen LogP contribution is -2.47. The molecule has 1 aliphatic carbocycles. The summed E-state index contributed by atoms with van der Waals surface area (Å²) in [7, 11) is 0. The summed E-state index contributed by atoms with van der Waals surface area (Å²) < 4.78 is 40.7. The molecular weight excluding hydrogens is 360 g/mol. The summed E-state index contributed by atoms with van der Waals surface area (Å²) >= 11 is 6.29. The predicted molar refractivity (Wildman–Crippen MR) is 92.8 cm³/mol. The Kier molecular flexibility index (Phi) is 6.82. The van der Waals surface area contributed by atoms with Gasteiger partial charge >= 0.3 is 6.18 Å². The van der Waals surface area contributed by atoms with E-state index in [2.05, 4.69) is 10.2 Å². The zero-order chi connectivity index (χ0) is 16.4. The molecule has 136 valence electrons. The second-order valence-corrected chi connectivity index (χ2v) is 6.88. The second kappa shape index (κ2) is 8.26. The average molecular weight is 383 g/mol. The van der Waals surface area contributed by atoms with Crippen molar-refractivity contribution in [3.05, 3.63) is 34.3 Å². The molecule has 1 heterocycles. The Balaban J connectivity index is 0.00000208. The van der Waals surface area contributed by atoms with Crippen LogP contribution in [0.5, 0.6) is 0 Å². The standard InChI is InChI=1S/C17H22ClF3N2.ClH/c18-14-7-3-6-13(17(19,20)21)15(14)16(12-4-1-2-5-12)23-10-8-22-9-11-23;/h3,6-7,12,16,22H,1-2,4-5,8-11H2;1H/t16-;/m1./s1. The maximum atomic E-state index is 13.6. The molecule has 2 aliphatic rings. The molecule has 1 atom stereocenters. The van der Waals surface area contributed by atoms with E-state index in [1.54, 1.807) is 6.07 Å². The van der Waals surface area contributed by atoms with Gasteiger partial charge in [0.25, 0.3) is 0 Å². The number of alkyl halides is 3. The molecule has 0 spiro atoms. The molecule has 1 aromatic carbocycles. The van der Waals surface area contributed by atoms with Gasteiger partial charge in [-0.3, -0.25) is 4.90 Å². The van der Waals surface area contributed by atoms with Gasteiger partial charge in [0, 0.05) is 42.8 Å². The van der Waals surface area contributed by atoms with Crippen molar-refractivity contribution in [1.29, 1.82) is 0 Å². The number of hydrogen-bond acceptors (Lipinski definition) is 2. The number of piperazine rings is 1. The summed E-state index contributed by atoms with van der Waals surface area (Å²) in [6, 6.07) is 3.93. The highest BCUT2D eigenvalue weighted by atomic mass is 35.5. The molecule has 1 N–H and O–H groups in total. The molecule has 24 heavy (non-hydrogen) atoms. The van der Waals surface area contributed by atoms with Gasteiger partial charge in [0.05, 0.1) is 5.56 Å². The molecule has 1 aromatic rings. The lowest BCUT2D eigenvalue weighted by Gasteiger charge is -2.40. The van der Waals surface area contributed by atoms with Crippen LogP contribution in [0.4, 0.5) is 13.2 Å². The van der Waals surface area contributed by atoms with Crippen molar-refractivity contribution in [2.75, 3.05) is 26.2 Å². The molecule has 1 saturated carbocycles. The van der Waals surface area contributed by atoms with Gasteiger partial charge in [-0.05, 0) is 30.9 Å². The van der Waals surface area contributed by atoms with Crippen LogP contribution in [0.1, 0.15) is 42.9 Å². The summed E-state index contributed by atoms with van der Waals surface area (Å²) in [4.78, 5) is 2.20. The number of rotatable bonds is 3. The van der Waals surface area contributed by atoms with Gasteiger partial charge < -0.3 is 5.32 Å². The van der Waals surface area contributed by atoms with Crippen LogP contribution >= 0.6 is 24.0 Å². The smallest absolute Gasteiger partial charge is 0.314 e. The predicted octanol–water partition coefficient (Wildman–Crippen LogP) is 4.92. The first-order chi connectivity index (χ1) is 11.0. The van der Waals surface area contributed by atoms with Crippen molar-refractivity contribution in [1.82, 2.24) is 10.2 Å². The maximum absolute atomic E-state index is 13.6. The van der Waals surface area contributed by atoms with Crippen molar-refractivity contribution >= 4 is 24.0 Å². The number of nitrogens with one attached hydrogen (secondary N) is 1. The molecule has 0 unspecified atom stereocenters. The Labute approximate surface area is 152 Å². The van der Waals surface area contributed by atoms with Crippen LogP contribution in [-0.2, 0) is 6.18 Å². The van der Waals surface area contributed by atoms with Gasteiger partial charge in [0.15, 0.2) is 0 Å². The van der Waals surface area contributed by atoms with E-state index < -0.39 is 11.7 Å². The fraction of sp³-hybridized carbons (Fsp3) is 0.647. The minimum atomic E-state index is -4.37. The highest BCUT2D eigenvalue weighted by Crippen LogP contribution is 2.46. The molecule has 0 aromatic heterocycles. The monoisotopic (exact) mass is 382 g/mol. The molecule has 1 aliphatic heterocycles. The van der Waals surface area contributed by atoms with Crippen LogP contribution < -0.4 is 5.32 Å². The Bertz CT molecular complexity index is 539. The van der Waals surface area contributed by atoms with E-state index in [-0.39, 0.29) is 35.0 Å². The first-order valence-corrected chi connectivity index (χ1v) is 8.66. The molecule has 0 radical (unpaired) electrons. The summed E-state index contributed by atoms with van der Waals surface area (Å²) in [6.45, 7) is 3.16. The van der Waals surface area contributed by atoms with Crippen molar-refractivity contribution in [2.24, 2.45) is 5.92 Å². The minimum Gasteiger partial charge on any atom is -0.314 e. The molecular formula is C17H23Cl2F3N2. The van der Waals surface area contributed by atoms with Crippen molar-refractivity contribution in [3.8, 4) is 0 Å². The molecule has 0 bridgehead atoms. The Morgan fingerprint density at radius 1 is 1.12 bits per heavy atom. The molecule has 2 nitrogen and oxygen atoms in total. The average Bonchev–Trinajstić information content (AvgIpc) is 3.03. The molecule has 0 amide bonds. The van der Waals surface area contributed by atoms with Gasteiger partial charge in [-0.1, -0.05) is 30.5 Å². The summed E-state index contributed by atoms with van der Waals surface area (Å²) in [5.41, 5.74) is -0.282. The fourth-order valence-electron chi connectivity index (χ4n) is 4.03. The third-order valence-corrected chi connectivity index (χ3v) is 5.38.